The van der Waals surface area contributed by atoms with Crippen LogP contribution in [0.15, 0.2) is 35.5 Å². The molecule has 0 radical (unpaired) electrons. The van der Waals surface area contributed by atoms with Gasteiger partial charge in [0.1, 0.15) is 6.54 Å². The summed E-state index contributed by atoms with van der Waals surface area (Å²) in [6.07, 6.45) is 1.75. The van der Waals surface area contributed by atoms with E-state index in [1.54, 1.807) is 19.2 Å². The quantitative estimate of drug-likeness (QED) is 0.512. The molecule has 2 rings (SSSR count). The maximum atomic E-state index is 11.9. The van der Waals surface area contributed by atoms with E-state index in [2.05, 4.69) is 14.7 Å². The standard InChI is InChI=1S/C16H16ClN3O3/c1-2-23-16(22)15(18)20-9-13(21)6-10-3-4-14-11(5-10)7-12(17)8-19-14/h3-5,7-8H,2,6,9H2,1H3,(H2,18,20). The van der Waals surface area contributed by atoms with Crippen LogP contribution in [0.1, 0.15) is 12.5 Å². The number of ether oxygens (including phenoxy) is 1. The molecule has 0 saturated heterocycles. The van der Waals surface area contributed by atoms with Crippen molar-refractivity contribution < 1.29 is 14.3 Å². The van der Waals surface area contributed by atoms with Crippen molar-refractivity contribution in [3.63, 3.8) is 0 Å². The van der Waals surface area contributed by atoms with Crippen molar-refractivity contribution in [2.45, 2.75) is 13.3 Å². The van der Waals surface area contributed by atoms with Crippen molar-refractivity contribution in [1.29, 1.82) is 0 Å². The SMILES string of the molecule is CCOC(=O)C(N)=NCC(=O)Cc1ccc2ncc(Cl)cc2c1. The molecule has 2 aromatic rings. The first-order valence-corrected chi connectivity index (χ1v) is 7.40. The molecule has 1 heterocycles. The maximum Gasteiger partial charge on any atom is 0.373 e. The minimum Gasteiger partial charge on any atom is -0.460 e. The Kier molecular flexibility index (Phi) is 5.65. The average molecular weight is 334 g/mol. The molecule has 0 bridgehead atoms. The van der Waals surface area contributed by atoms with Crippen LogP contribution in [0, 0.1) is 0 Å². The molecule has 0 fully saturated rings. The number of rotatable bonds is 5. The summed E-state index contributed by atoms with van der Waals surface area (Å²) in [6, 6.07) is 7.28. The summed E-state index contributed by atoms with van der Waals surface area (Å²) < 4.78 is 4.69. The lowest BCUT2D eigenvalue weighted by Crippen LogP contribution is -2.27. The molecule has 1 aromatic carbocycles. The summed E-state index contributed by atoms with van der Waals surface area (Å²) in [5.74, 6) is -1.17. The van der Waals surface area contributed by atoms with Gasteiger partial charge in [-0.05, 0) is 30.7 Å². The molecule has 6 nitrogen and oxygen atoms in total. The molecular formula is C16H16ClN3O3. The fraction of sp³-hybridized carbons (Fsp3) is 0.250. The number of amidine groups is 1. The van der Waals surface area contributed by atoms with Crippen molar-refractivity contribution in [3.8, 4) is 0 Å². The van der Waals surface area contributed by atoms with Crippen LogP contribution in [0.2, 0.25) is 5.02 Å². The van der Waals surface area contributed by atoms with Gasteiger partial charge < -0.3 is 10.5 Å². The molecule has 0 atom stereocenters. The molecule has 23 heavy (non-hydrogen) atoms. The number of pyridine rings is 1. The van der Waals surface area contributed by atoms with Crippen LogP contribution in [-0.4, -0.2) is 35.7 Å². The molecule has 0 amide bonds. The highest BCUT2D eigenvalue weighted by atomic mass is 35.5. The number of fused-ring (bicyclic) bond motifs is 1. The monoisotopic (exact) mass is 333 g/mol. The Morgan fingerprint density at radius 2 is 2.13 bits per heavy atom. The fourth-order valence-electron chi connectivity index (χ4n) is 1.99. The number of nitrogens with zero attached hydrogens (tertiary/aromatic N) is 2. The molecule has 0 unspecified atom stereocenters. The number of hydrogen-bond donors (Lipinski definition) is 1. The van der Waals surface area contributed by atoms with Crippen LogP contribution in [0.3, 0.4) is 0 Å². The molecule has 7 heteroatoms. The van der Waals surface area contributed by atoms with Crippen molar-refractivity contribution in [3.05, 3.63) is 41.0 Å². The molecule has 0 saturated carbocycles. The number of aromatic nitrogens is 1. The molecule has 0 aliphatic carbocycles. The van der Waals surface area contributed by atoms with Crippen LogP contribution in [-0.2, 0) is 20.7 Å². The van der Waals surface area contributed by atoms with E-state index in [-0.39, 0.29) is 31.2 Å². The van der Waals surface area contributed by atoms with E-state index in [9.17, 15) is 9.59 Å². The van der Waals surface area contributed by atoms with Crippen LogP contribution < -0.4 is 5.73 Å². The minimum absolute atomic E-state index is 0.161. The Morgan fingerprint density at radius 1 is 1.35 bits per heavy atom. The molecule has 2 N–H and O–H groups in total. The maximum absolute atomic E-state index is 11.9. The van der Waals surface area contributed by atoms with Gasteiger partial charge in [-0.3, -0.25) is 14.8 Å². The molecule has 0 spiro atoms. The highest BCUT2D eigenvalue weighted by Gasteiger charge is 2.09. The van der Waals surface area contributed by atoms with E-state index in [0.717, 1.165) is 16.5 Å². The molecule has 0 aliphatic rings. The van der Waals surface area contributed by atoms with Gasteiger partial charge in [-0.25, -0.2) is 4.79 Å². The highest BCUT2D eigenvalue weighted by Crippen LogP contribution is 2.18. The third kappa shape index (κ3) is 4.75. The molecule has 0 aliphatic heterocycles. The first-order valence-electron chi connectivity index (χ1n) is 7.02. The lowest BCUT2D eigenvalue weighted by Gasteiger charge is -2.03. The number of ketones is 1. The zero-order valence-electron chi connectivity index (χ0n) is 12.6. The summed E-state index contributed by atoms with van der Waals surface area (Å²) in [5, 5.41) is 1.39. The summed E-state index contributed by atoms with van der Waals surface area (Å²) in [6.45, 7) is 1.70. The molecule has 1 aromatic heterocycles. The second-order valence-electron chi connectivity index (χ2n) is 4.82. The Bertz CT molecular complexity index is 774. The van der Waals surface area contributed by atoms with E-state index in [4.69, 9.17) is 17.3 Å². The van der Waals surface area contributed by atoms with Gasteiger partial charge in [0.2, 0.25) is 5.84 Å². The van der Waals surface area contributed by atoms with E-state index in [1.807, 2.05) is 18.2 Å². The second-order valence-corrected chi connectivity index (χ2v) is 5.25. The lowest BCUT2D eigenvalue weighted by atomic mass is 10.1. The fourth-order valence-corrected chi connectivity index (χ4v) is 2.16. The average Bonchev–Trinajstić information content (AvgIpc) is 2.52. The molecular weight excluding hydrogens is 318 g/mol. The second kappa shape index (κ2) is 7.69. The van der Waals surface area contributed by atoms with Gasteiger partial charge in [0.05, 0.1) is 17.1 Å². The van der Waals surface area contributed by atoms with Gasteiger partial charge in [-0.1, -0.05) is 17.7 Å². The number of hydrogen-bond acceptors (Lipinski definition) is 5. The number of carbonyl (C=O) groups excluding carboxylic acids is 2. The lowest BCUT2D eigenvalue weighted by molar-refractivity contribution is -0.135. The zero-order valence-corrected chi connectivity index (χ0v) is 13.3. The molecule has 120 valence electrons. The van der Waals surface area contributed by atoms with Crippen LogP contribution >= 0.6 is 11.6 Å². The summed E-state index contributed by atoms with van der Waals surface area (Å²) in [5.41, 5.74) is 7.05. The number of carbonyl (C=O) groups is 2. The van der Waals surface area contributed by atoms with Crippen molar-refractivity contribution >= 4 is 40.1 Å². The van der Waals surface area contributed by atoms with Crippen molar-refractivity contribution in [2.75, 3.05) is 13.2 Å². The smallest absolute Gasteiger partial charge is 0.373 e. The first kappa shape index (κ1) is 16.9. The van der Waals surface area contributed by atoms with Gasteiger partial charge >= 0.3 is 5.97 Å². The van der Waals surface area contributed by atoms with Crippen LogP contribution in [0.4, 0.5) is 0 Å². The van der Waals surface area contributed by atoms with Gasteiger partial charge in [0.15, 0.2) is 5.78 Å². The van der Waals surface area contributed by atoms with Gasteiger partial charge in [0, 0.05) is 18.0 Å². The van der Waals surface area contributed by atoms with Crippen LogP contribution in [0.5, 0.6) is 0 Å². The van der Waals surface area contributed by atoms with E-state index in [0.29, 0.717) is 5.02 Å². The predicted octanol–water partition coefficient (Wildman–Crippen LogP) is 1.92. The van der Waals surface area contributed by atoms with Crippen molar-refractivity contribution in [2.24, 2.45) is 10.7 Å². The summed E-state index contributed by atoms with van der Waals surface area (Å²) >= 11 is 5.91. The first-order chi connectivity index (χ1) is 11.0. The predicted molar refractivity (Wildman–Crippen MR) is 88.6 cm³/mol. The number of Topliss-reactive ketones (excluding diaryl/α,β-unsaturated/α-hetero) is 1. The number of benzene rings is 1. The third-order valence-electron chi connectivity index (χ3n) is 3.02. The Labute approximate surface area is 138 Å². The zero-order chi connectivity index (χ0) is 16.8. The summed E-state index contributed by atoms with van der Waals surface area (Å²) in [4.78, 5) is 31.2. The number of nitrogens with two attached hydrogens (primary N) is 1. The van der Waals surface area contributed by atoms with Crippen LogP contribution in [0.25, 0.3) is 10.9 Å². The van der Waals surface area contributed by atoms with E-state index in [1.165, 1.54) is 0 Å². The number of aliphatic imine (C=N–C) groups is 1. The normalized spacial score (nSPS) is 11.5. The summed E-state index contributed by atoms with van der Waals surface area (Å²) in [7, 11) is 0. The number of halogens is 1. The van der Waals surface area contributed by atoms with Gasteiger partial charge in [-0.15, -0.1) is 0 Å². The Balaban J connectivity index is 2.02. The number of esters is 1. The minimum atomic E-state index is -0.716. The van der Waals surface area contributed by atoms with Crippen molar-refractivity contribution in [1.82, 2.24) is 4.98 Å². The highest BCUT2D eigenvalue weighted by molar-refractivity contribution is 6.34. The topological polar surface area (TPSA) is 94.6 Å². The van der Waals surface area contributed by atoms with Gasteiger partial charge in [0.25, 0.3) is 0 Å². The Hall–Kier alpha value is -2.47. The van der Waals surface area contributed by atoms with Gasteiger partial charge in [-0.2, -0.15) is 0 Å². The van der Waals surface area contributed by atoms with E-state index >= 15 is 0 Å². The largest absolute Gasteiger partial charge is 0.460 e. The third-order valence-corrected chi connectivity index (χ3v) is 3.23. The van der Waals surface area contributed by atoms with E-state index < -0.39 is 5.97 Å². The Morgan fingerprint density at radius 3 is 2.87 bits per heavy atom.